The van der Waals surface area contributed by atoms with Crippen LogP contribution in [-0.2, 0) is 0 Å². The molecule has 5 aromatic carbocycles. The predicted octanol–water partition coefficient (Wildman–Crippen LogP) is 8.44. The van der Waals surface area contributed by atoms with Crippen molar-refractivity contribution in [3.05, 3.63) is 127 Å². The van der Waals surface area contributed by atoms with E-state index in [1.807, 2.05) is 84.9 Å². The topological polar surface area (TPSA) is 51.8 Å². The molecule has 4 heteroatoms. The summed E-state index contributed by atoms with van der Waals surface area (Å²) < 4.78 is 47.5. The van der Waals surface area contributed by atoms with Crippen molar-refractivity contribution in [3.63, 3.8) is 0 Å². The lowest BCUT2D eigenvalue weighted by molar-refractivity contribution is 0.670. The number of nitrogens with zero attached hydrogens (tertiary/aromatic N) is 3. The standard InChI is InChI=1S/C33H21N3O/c1-4-11-22(12-5-1)26-17-10-18-28-27-20-19-25(21-29(27)37-30(26)28)33-35-31(23-13-6-2-7-14-23)34-32(36-33)24-15-8-3-9-16-24/h1-21H/i1D,4D,5D,11D,12D. The molecule has 0 radical (unpaired) electrons. The Labute approximate surface area is 221 Å². The Hall–Kier alpha value is -5.09. The van der Waals surface area contributed by atoms with Crippen molar-refractivity contribution in [1.29, 1.82) is 0 Å². The minimum atomic E-state index is -0.433. The first-order valence-electron chi connectivity index (χ1n) is 14.3. The first-order valence-corrected chi connectivity index (χ1v) is 11.8. The molecule has 2 aromatic heterocycles. The minimum absolute atomic E-state index is 0.100. The van der Waals surface area contributed by atoms with E-state index < -0.39 is 6.04 Å². The molecule has 0 saturated heterocycles. The van der Waals surface area contributed by atoms with Crippen LogP contribution in [0.3, 0.4) is 0 Å². The Kier molecular flexibility index (Phi) is 3.96. The van der Waals surface area contributed by atoms with Crippen LogP contribution in [0.1, 0.15) is 6.85 Å². The molecular weight excluding hydrogens is 454 g/mol. The van der Waals surface area contributed by atoms with Gasteiger partial charge in [-0.2, -0.15) is 0 Å². The third-order valence-electron chi connectivity index (χ3n) is 6.23. The summed E-state index contributed by atoms with van der Waals surface area (Å²) in [5, 5.41) is 1.59. The maximum absolute atomic E-state index is 8.47. The Morgan fingerprint density at radius 2 is 1.14 bits per heavy atom. The lowest BCUT2D eigenvalue weighted by Crippen LogP contribution is -2.00. The summed E-state index contributed by atoms with van der Waals surface area (Å²) in [4.78, 5) is 14.4. The average molecular weight is 481 g/mol. The molecular formula is C33H21N3O. The van der Waals surface area contributed by atoms with Crippen molar-refractivity contribution in [1.82, 2.24) is 15.0 Å². The van der Waals surface area contributed by atoms with Gasteiger partial charge >= 0.3 is 0 Å². The van der Waals surface area contributed by atoms with E-state index in [-0.39, 0.29) is 29.7 Å². The summed E-state index contributed by atoms with van der Waals surface area (Å²) >= 11 is 0. The fraction of sp³-hybridized carbons (Fsp3) is 0. The summed E-state index contributed by atoms with van der Waals surface area (Å²) in [5.74, 6) is 1.58. The molecule has 0 unspecified atom stereocenters. The molecule has 4 nitrogen and oxygen atoms in total. The van der Waals surface area contributed by atoms with Gasteiger partial charge in [-0.25, -0.2) is 15.0 Å². The average Bonchev–Trinajstić information content (AvgIpc) is 3.42. The van der Waals surface area contributed by atoms with Crippen LogP contribution in [0.5, 0.6) is 0 Å². The van der Waals surface area contributed by atoms with Gasteiger partial charge < -0.3 is 4.42 Å². The van der Waals surface area contributed by atoms with Gasteiger partial charge in [-0.1, -0.05) is 115 Å². The van der Waals surface area contributed by atoms with E-state index >= 15 is 0 Å². The van der Waals surface area contributed by atoms with E-state index in [1.165, 1.54) is 0 Å². The summed E-state index contributed by atoms with van der Waals surface area (Å²) in [5.41, 5.74) is 3.99. The number of benzene rings is 5. The number of aromatic nitrogens is 3. The number of hydrogen-bond acceptors (Lipinski definition) is 4. The molecule has 0 N–H and O–H groups in total. The highest BCUT2D eigenvalue weighted by Gasteiger charge is 2.16. The molecule has 0 amide bonds. The second-order valence-electron chi connectivity index (χ2n) is 8.53. The van der Waals surface area contributed by atoms with E-state index in [2.05, 4.69) is 0 Å². The summed E-state index contributed by atoms with van der Waals surface area (Å²) in [6.07, 6.45) is 0. The highest BCUT2D eigenvalue weighted by Crippen LogP contribution is 2.37. The maximum Gasteiger partial charge on any atom is 0.164 e. The lowest BCUT2D eigenvalue weighted by atomic mass is 10.0. The fourth-order valence-electron chi connectivity index (χ4n) is 4.46. The van der Waals surface area contributed by atoms with Crippen LogP contribution >= 0.6 is 0 Å². The maximum atomic E-state index is 8.47. The third kappa shape index (κ3) is 3.85. The number of hydrogen-bond donors (Lipinski definition) is 0. The SMILES string of the molecule is [2H]c1c([2H])c([2H])c(-c2cccc3c2oc2cc(-c4nc(-c5ccccc5)nc(-c5ccccc5)n4)ccc23)c([2H])c1[2H]. The second kappa shape index (κ2) is 8.85. The first-order chi connectivity index (χ1) is 20.4. The van der Waals surface area contributed by atoms with E-state index in [4.69, 9.17) is 26.2 Å². The lowest BCUT2D eigenvalue weighted by Gasteiger charge is -2.08. The zero-order valence-corrected chi connectivity index (χ0v) is 19.5. The number of furan rings is 1. The van der Waals surface area contributed by atoms with E-state index in [9.17, 15) is 0 Å². The molecule has 0 fully saturated rings. The van der Waals surface area contributed by atoms with Crippen molar-refractivity contribution < 1.29 is 11.3 Å². The Morgan fingerprint density at radius 1 is 0.514 bits per heavy atom. The molecule has 7 aromatic rings. The second-order valence-corrected chi connectivity index (χ2v) is 8.53. The van der Waals surface area contributed by atoms with Gasteiger partial charge in [-0.15, -0.1) is 0 Å². The van der Waals surface area contributed by atoms with Crippen LogP contribution in [0.15, 0.2) is 132 Å². The van der Waals surface area contributed by atoms with Crippen molar-refractivity contribution in [3.8, 4) is 45.3 Å². The Balaban J connectivity index is 1.42. The predicted molar refractivity (Wildman–Crippen MR) is 149 cm³/mol. The summed E-state index contributed by atoms with van der Waals surface area (Å²) in [6, 6.07) is 28.8. The number of rotatable bonds is 4. The van der Waals surface area contributed by atoms with Gasteiger partial charge in [0.15, 0.2) is 17.5 Å². The van der Waals surface area contributed by atoms with Gasteiger partial charge in [0, 0.05) is 33.0 Å². The quantitative estimate of drug-likeness (QED) is 0.254. The van der Waals surface area contributed by atoms with Gasteiger partial charge in [0.05, 0.1) is 6.85 Å². The van der Waals surface area contributed by atoms with Crippen molar-refractivity contribution in [2.24, 2.45) is 0 Å². The van der Waals surface area contributed by atoms with E-state index in [1.54, 1.807) is 12.1 Å². The zero-order chi connectivity index (χ0) is 29.0. The highest BCUT2D eigenvalue weighted by molar-refractivity contribution is 6.10. The van der Waals surface area contributed by atoms with Crippen LogP contribution in [0.2, 0.25) is 0 Å². The molecule has 174 valence electrons. The largest absolute Gasteiger partial charge is 0.455 e. The number of fused-ring (bicyclic) bond motifs is 3. The fourth-order valence-corrected chi connectivity index (χ4v) is 4.46. The summed E-state index contributed by atoms with van der Waals surface area (Å²) in [7, 11) is 0. The Bertz CT molecular complexity index is 2060. The molecule has 0 aliphatic heterocycles. The smallest absolute Gasteiger partial charge is 0.164 e. The normalized spacial score (nSPS) is 13.1. The molecule has 0 atom stereocenters. The molecule has 37 heavy (non-hydrogen) atoms. The van der Waals surface area contributed by atoms with Crippen LogP contribution in [0.4, 0.5) is 0 Å². The van der Waals surface area contributed by atoms with Crippen LogP contribution in [-0.4, -0.2) is 15.0 Å². The molecule has 0 saturated carbocycles. The van der Waals surface area contributed by atoms with Crippen LogP contribution in [0, 0.1) is 0 Å². The summed E-state index contributed by atoms with van der Waals surface area (Å²) in [6.45, 7) is 0. The molecule has 2 heterocycles. The number of para-hydroxylation sites is 1. The monoisotopic (exact) mass is 480 g/mol. The van der Waals surface area contributed by atoms with E-state index in [0.717, 1.165) is 27.5 Å². The third-order valence-corrected chi connectivity index (χ3v) is 6.23. The van der Waals surface area contributed by atoms with Crippen LogP contribution in [0.25, 0.3) is 67.2 Å². The van der Waals surface area contributed by atoms with Gasteiger partial charge in [0.2, 0.25) is 0 Å². The van der Waals surface area contributed by atoms with Gasteiger partial charge in [0.1, 0.15) is 11.2 Å². The molecule has 0 spiro atoms. The molecule has 0 bridgehead atoms. The van der Waals surface area contributed by atoms with Gasteiger partial charge in [0.25, 0.3) is 0 Å². The zero-order valence-electron chi connectivity index (χ0n) is 24.5. The van der Waals surface area contributed by atoms with E-state index in [0.29, 0.717) is 34.2 Å². The molecule has 7 rings (SSSR count). The van der Waals surface area contributed by atoms with Gasteiger partial charge in [-0.05, 0) is 17.7 Å². The minimum Gasteiger partial charge on any atom is -0.455 e. The first kappa shape index (κ1) is 16.6. The van der Waals surface area contributed by atoms with Gasteiger partial charge in [-0.3, -0.25) is 0 Å². The highest BCUT2D eigenvalue weighted by atomic mass is 16.3. The molecule has 0 aliphatic rings. The van der Waals surface area contributed by atoms with Crippen molar-refractivity contribution >= 4 is 21.9 Å². The van der Waals surface area contributed by atoms with Crippen molar-refractivity contribution in [2.45, 2.75) is 0 Å². The van der Waals surface area contributed by atoms with Crippen molar-refractivity contribution in [2.75, 3.05) is 0 Å². The molecule has 0 aliphatic carbocycles. The Morgan fingerprint density at radius 3 is 1.78 bits per heavy atom. The van der Waals surface area contributed by atoms with Crippen LogP contribution < -0.4 is 0 Å².